The highest BCUT2D eigenvalue weighted by Crippen LogP contribution is 2.39. The molecular weight excluding hydrogens is 390 g/mol. The first-order valence-electron chi connectivity index (χ1n) is 9.06. The van der Waals surface area contributed by atoms with Gasteiger partial charge in [-0.1, -0.05) is 36.9 Å². The van der Waals surface area contributed by atoms with Crippen molar-refractivity contribution in [3.05, 3.63) is 63.5 Å². The van der Waals surface area contributed by atoms with E-state index in [2.05, 4.69) is 35.5 Å². The number of para-hydroxylation sites is 1. The number of thioether (sulfide) groups is 1. The van der Waals surface area contributed by atoms with Gasteiger partial charge in [0.2, 0.25) is 11.1 Å². The Hall–Kier alpha value is -2.58. The highest BCUT2D eigenvalue weighted by Gasteiger charge is 2.35. The zero-order valence-corrected chi connectivity index (χ0v) is 17.5. The Kier molecular flexibility index (Phi) is 5.23. The largest absolute Gasteiger partial charge is 0.328 e. The number of amides is 1. The van der Waals surface area contributed by atoms with Crippen LogP contribution < -0.4 is 10.6 Å². The highest BCUT2D eigenvalue weighted by molar-refractivity contribution is 7.99. The van der Waals surface area contributed by atoms with Crippen molar-refractivity contribution in [2.45, 2.75) is 32.0 Å². The molecule has 1 aliphatic rings. The molecule has 0 saturated carbocycles. The van der Waals surface area contributed by atoms with Gasteiger partial charge in [0.1, 0.15) is 6.04 Å². The predicted molar refractivity (Wildman–Crippen MR) is 115 cm³/mol. The fraction of sp³-hybridized carbons (Fsp3) is 0.250. The number of carbonyl (C=O) groups excluding carboxylic acids is 1. The number of hydrogen-bond acceptors (Lipinski definition) is 6. The van der Waals surface area contributed by atoms with Crippen molar-refractivity contribution in [2.75, 3.05) is 16.4 Å². The van der Waals surface area contributed by atoms with Crippen molar-refractivity contribution >= 4 is 40.6 Å². The van der Waals surface area contributed by atoms with Gasteiger partial charge in [0.25, 0.3) is 5.91 Å². The minimum Gasteiger partial charge on any atom is -0.328 e. The maximum atomic E-state index is 13.3. The van der Waals surface area contributed by atoms with E-state index >= 15 is 0 Å². The van der Waals surface area contributed by atoms with Crippen LogP contribution in [0.25, 0.3) is 0 Å². The summed E-state index contributed by atoms with van der Waals surface area (Å²) in [7, 11) is 0. The molecule has 1 amide bonds. The van der Waals surface area contributed by atoms with Gasteiger partial charge in [0, 0.05) is 16.3 Å². The minimum atomic E-state index is -0.307. The Morgan fingerprint density at radius 2 is 2.07 bits per heavy atom. The number of benzene rings is 1. The third-order valence-electron chi connectivity index (χ3n) is 4.53. The third-order valence-corrected chi connectivity index (χ3v) is 6.32. The number of thiophene rings is 1. The Labute approximate surface area is 172 Å². The summed E-state index contributed by atoms with van der Waals surface area (Å²) in [5.41, 5.74) is 3.35. The Morgan fingerprint density at radius 3 is 2.75 bits per heavy atom. The van der Waals surface area contributed by atoms with E-state index in [1.165, 1.54) is 0 Å². The summed E-state index contributed by atoms with van der Waals surface area (Å²) in [6.07, 6.45) is 0. The smallest absolute Gasteiger partial charge is 0.255 e. The molecule has 2 N–H and O–H groups in total. The van der Waals surface area contributed by atoms with Crippen molar-refractivity contribution in [2.24, 2.45) is 0 Å². The lowest BCUT2D eigenvalue weighted by Gasteiger charge is -2.28. The number of aromatic nitrogens is 3. The van der Waals surface area contributed by atoms with Gasteiger partial charge in [-0.25, -0.2) is 4.68 Å². The van der Waals surface area contributed by atoms with Crippen molar-refractivity contribution in [1.29, 1.82) is 0 Å². The summed E-state index contributed by atoms with van der Waals surface area (Å²) in [4.78, 5) is 19.0. The van der Waals surface area contributed by atoms with E-state index in [-0.39, 0.29) is 11.9 Å². The second-order valence-electron chi connectivity index (χ2n) is 6.45. The summed E-state index contributed by atoms with van der Waals surface area (Å²) in [5.74, 6) is 1.42. The Bertz CT molecular complexity index is 1040. The van der Waals surface area contributed by atoms with Crippen molar-refractivity contribution in [1.82, 2.24) is 14.8 Å². The van der Waals surface area contributed by atoms with Gasteiger partial charge in [0.15, 0.2) is 0 Å². The quantitative estimate of drug-likeness (QED) is 0.596. The molecule has 1 aromatic carbocycles. The minimum absolute atomic E-state index is 0.139. The fourth-order valence-electron chi connectivity index (χ4n) is 3.24. The molecule has 1 atom stereocenters. The molecule has 3 aromatic rings. The molecule has 0 spiro atoms. The summed E-state index contributed by atoms with van der Waals surface area (Å²) in [5, 5.41) is 13.7. The SMILES string of the molecule is CCSc1nc2n(n1)C(c1sccc1C)C(C(=O)Nc1ccccc1)=C(C)N2. The lowest BCUT2D eigenvalue weighted by Crippen LogP contribution is -2.31. The van der Waals surface area contributed by atoms with Gasteiger partial charge < -0.3 is 10.6 Å². The number of nitrogens with one attached hydrogen (secondary N) is 2. The number of carbonyl (C=O) groups is 1. The molecule has 0 saturated heterocycles. The fourth-order valence-corrected chi connectivity index (χ4v) is 4.82. The zero-order chi connectivity index (χ0) is 19.7. The lowest BCUT2D eigenvalue weighted by molar-refractivity contribution is -0.113. The molecule has 0 fully saturated rings. The molecular formula is C20H21N5OS2. The molecule has 0 bridgehead atoms. The van der Waals surface area contributed by atoms with Crippen molar-refractivity contribution in [3.8, 4) is 0 Å². The van der Waals surface area contributed by atoms with E-state index < -0.39 is 0 Å². The maximum absolute atomic E-state index is 13.3. The second-order valence-corrected chi connectivity index (χ2v) is 8.63. The van der Waals surface area contributed by atoms with Crippen LogP contribution in [-0.4, -0.2) is 26.4 Å². The van der Waals surface area contributed by atoms with Crippen LogP contribution in [0.15, 0.2) is 58.2 Å². The van der Waals surface area contributed by atoms with Crippen LogP contribution in [0.2, 0.25) is 0 Å². The number of fused-ring (bicyclic) bond motifs is 1. The summed E-state index contributed by atoms with van der Waals surface area (Å²) >= 11 is 3.22. The van der Waals surface area contributed by atoms with Crippen LogP contribution in [0.3, 0.4) is 0 Å². The number of hydrogen-bond donors (Lipinski definition) is 2. The molecule has 3 heterocycles. The third kappa shape index (κ3) is 3.45. The van der Waals surface area contributed by atoms with Gasteiger partial charge in [-0.05, 0) is 48.7 Å². The first-order chi connectivity index (χ1) is 13.6. The highest BCUT2D eigenvalue weighted by atomic mass is 32.2. The normalized spacial score (nSPS) is 15.9. The van der Waals surface area contributed by atoms with Crippen molar-refractivity contribution < 1.29 is 4.79 Å². The molecule has 0 radical (unpaired) electrons. The summed E-state index contributed by atoms with van der Waals surface area (Å²) < 4.78 is 1.84. The molecule has 28 heavy (non-hydrogen) atoms. The Morgan fingerprint density at radius 1 is 1.29 bits per heavy atom. The number of nitrogens with zero attached hydrogens (tertiary/aromatic N) is 3. The monoisotopic (exact) mass is 411 g/mol. The van der Waals surface area contributed by atoms with Gasteiger partial charge in [0.05, 0.1) is 5.57 Å². The zero-order valence-electron chi connectivity index (χ0n) is 15.9. The van der Waals surface area contributed by atoms with Gasteiger partial charge >= 0.3 is 0 Å². The van der Waals surface area contributed by atoms with Gasteiger partial charge in [-0.2, -0.15) is 4.98 Å². The molecule has 8 heteroatoms. The maximum Gasteiger partial charge on any atom is 0.255 e. The van der Waals surface area contributed by atoms with Crippen molar-refractivity contribution in [3.63, 3.8) is 0 Å². The van der Waals surface area contributed by atoms with E-state index in [1.54, 1.807) is 23.1 Å². The topological polar surface area (TPSA) is 71.8 Å². The first-order valence-corrected chi connectivity index (χ1v) is 10.9. The molecule has 0 aliphatic carbocycles. The van der Waals surface area contributed by atoms with Gasteiger partial charge in [-0.3, -0.25) is 4.79 Å². The van der Waals surface area contributed by atoms with Crippen LogP contribution in [0, 0.1) is 6.92 Å². The van der Waals surface area contributed by atoms with Crippen LogP contribution in [0.5, 0.6) is 0 Å². The number of rotatable bonds is 5. The molecule has 1 unspecified atom stereocenters. The molecule has 6 nitrogen and oxygen atoms in total. The first kappa shape index (κ1) is 18.8. The average Bonchev–Trinajstić information content (AvgIpc) is 3.27. The van der Waals surface area contributed by atoms with E-state index in [0.29, 0.717) is 16.7 Å². The van der Waals surface area contributed by atoms with Crippen LogP contribution in [-0.2, 0) is 4.79 Å². The summed E-state index contributed by atoms with van der Waals surface area (Å²) in [6.45, 7) is 6.05. The average molecular weight is 412 g/mol. The van der Waals surface area contributed by atoms with E-state index in [1.807, 2.05) is 47.3 Å². The second kappa shape index (κ2) is 7.81. The standard InChI is InChI=1S/C20H21N5OS2/c1-4-27-20-23-19-21-13(3)15(18(26)22-14-8-6-5-7-9-14)16(25(19)24-20)17-12(2)10-11-28-17/h5-11,16H,4H2,1-3H3,(H,22,26)(H,21,23,24). The number of anilines is 2. The molecule has 144 valence electrons. The van der Waals surface area contributed by atoms with Gasteiger partial charge in [-0.15, -0.1) is 16.4 Å². The number of aryl methyl sites for hydroxylation is 1. The van der Waals surface area contributed by atoms with Crippen LogP contribution in [0.1, 0.15) is 30.3 Å². The Balaban J connectivity index is 1.78. The summed E-state index contributed by atoms with van der Waals surface area (Å²) in [6, 6.07) is 11.3. The predicted octanol–water partition coefficient (Wildman–Crippen LogP) is 4.69. The van der Waals surface area contributed by atoms with Crippen LogP contribution >= 0.6 is 23.1 Å². The molecule has 2 aromatic heterocycles. The van der Waals surface area contributed by atoms with E-state index in [0.717, 1.165) is 27.6 Å². The van der Waals surface area contributed by atoms with E-state index in [9.17, 15) is 4.79 Å². The van der Waals surface area contributed by atoms with E-state index in [4.69, 9.17) is 5.10 Å². The lowest BCUT2D eigenvalue weighted by atomic mass is 9.99. The number of allylic oxidation sites excluding steroid dienone is 1. The molecule has 4 rings (SSSR count). The van der Waals surface area contributed by atoms with Crippen LogP contribution in [0.4, 0.5) is 11.6 Å². The molecule has 1 aliphatic heterocycles.